The lowest BCUT2D eigenvalue weighted by molar-refractivity contribution is 0.00578. The first-order chi connectivity index (χ1) is 10.8. The van der Waals surface area contributed by atoms with Gasteiger partial charge < -0.3 is 18.6 Å². The number of rotatable bonds is 2. The van der Waals surface area contributed by atoms with Gasteiger partial charge in [0.1, 0.15) is 0 Å². The largest absolute Gasteiger partial charge is 0.495 e. The summed E-state index contributed by atoms with van der Waals surface area (Å²) in [7, 11) is -0.830. The summed E-state index contributed by atoms with van der Waals surface area (Å²) >= 11 is 0. The predicted octanol–water partition coefficient (Wildman–Crippen LogP) is 2.09. The molecule has 0 unspecified atom stereocenters. The quantitative estimate of drug-likeness (QED) is 0.779. The molecule has 24 heavy (non-hydrogen) atoms. The summed E-state index contributed by atoms with van der Waals surface area (Å²) in [5, 5.41) is 0. The number of hydrogen-bond donors (Lipinski definition) is 0. The van der Waals surface area contributed by atoms with Gasteiger partial charge in [0.15, 0.2) is 0 Å². The van der Waals surface area contributed by atoms with E-state index in [9.17, 15) is 0 Å². The molecule has 3 rings (SSSR count). The summed E-state index contributed by atoms with van der Waals surface area (Å²) in [6.07, 6.45) is 0. The van der Waals surface area contributed by atoms with Crippen molar-refractivity contribution in [2.45, 2.75) is 77.8 Å². The van der Waals surface area contributed by atoms with Crippen LogP contribution in [0.3, 0.4) is 0 Å². The molecule has 0 saturated carbocycles. The lowest BCUT2D eigenvalue weighted by atomic mass is 9.72. The van der Waals surface area contributed by atoms with Gasteiger partial charge in [0.05, 0.1) is 22.4 Å². The van der Waals surface area contributed by atoms with Crippen molar-refractivity contribution in [3.63, 3.8) is 0 Å². The Hall–Kier alpha value is -0.810. The molecule has 1 radical (unpaired) electrons. The Morgan fingerprint density at radius 1 is 0.708 bits per heavy atom. The molecule has 6 heteroatoms. The van der Waals surface area contributed by atoms with E-state index >= 15 is 0 Å². The Morgan fingerprint density at radius 2 is 1.12 bits per heavy atom. The van der Waals surface area contributed by atoms with Crippen LogP contribution in [0, 0.1) is 6.07 Å². The predicted molar refractivity (Wildman–Crippen MR) is 96.7 cm³/mol. The maximum absolute atomic E-state index is 6.13. The van der Waals surface area contributed by atoms with E-state index in [4.69, 9.17) is 18.6 Å². The van der Waals surface area contributed by atoms with Gasteiger partial charge >= 0.3 is 14.2 Å². The highest BCUT2D eigenvalue weighted by Crippen LogP contribution is 2.37. The zero-order valence-corrected chi connectivity index (χ0v) is 16.0. The van der Waals surface area contributed by atoms with E-state index in [2.05, 4.69) is 33.8 Å². The van der Waals surface area contributed by atoms with Crippen molar-refractivity contribution < 1.29 is 18.6 Å². The van der Waals surface area contributed by atoms with Crippen LogP contribution in [0.1, 0.15) is 55.4 Å². The second-order valence-electron chi connectivity index (χ2n) is 8.75. The van der Waals surface area contributed by atoms with E-state index in [0.717, 1.165) is 10.9 Å². The highest BCUT2D eigenvalue weighted by Gasteiger charge is 2.53. The van der Waals surface area contributed by atoms with Gasteiger partial charge in [-0.25, -0.2) is 0 Å². The third kappa shape index (κ3) is 2.84. The van der Waals surface area contributed by atoms with Crippen molar-refractivity contribution in [3.05, 3.63) is 24.3 Å². The van der Waals surface area contributed by atoms with Crippen LogP contribution in [0.5, 0.6) is 0 Å². The van der Waals surface area contributed by atoms with Crippen LogP contribution < -0.4 is 10.9 Å². The first-order valence-corrected chi connectivity index (χ1v) is 8.57. The van der Waals surface area contributed by atoms with Crippen LogP contribution in [-0.4, -0.2) is 36.6 Å². The molecule has 2 heterocycles. The van der Waals surface area contributed by atoms with Crippen LogP contribution in [-0.2, 0) is 18.6 Å². The van der Waals surface area contributed by atoms with Gasteiger partial charge in [0.25, 0.3) is 0 Å². The molecule has 2 fully saturated rings. The van der Waals surface area contributed by atoms with Crippen molar-refractivity contribution in [2.75, 3.05) is 0 Å². The standard InChI is InChI=1S/C18H27B2O4/c1-15(2)16(3,4)22-19(21-15)13-10-9-11-14(12-13)20-23-17(5,6)18(7,8)24-20/h9-10,12H,1-8H3. The molecule has 1 aromatic carbocycles. The Morgan fingerprint density at radius 3 is 1.58 bits per heavy atom. The summed E-state index contributed by atoms with van der Waals surface area (Å²) in [6, 6.07) is 9.08. The molecule has 129 valence electrons. The Kier molecular flexibility index (Phi) is 4.00. The summed E-state index contributed by atoms with van der Waals surface area (Å²) in [5.41, 5.74) is 0.360. The molecule has 2 saturated heterocycles. The summed E-state index contributed by atoms with van der Waals surface area (Å²) in [5.74, 6) is 0. The maximum Gasteiger partial charge on any atom is 0.495 e. The fraction of sp³-hybridized carbons (Fsp3) is 0.667. The van der Waals surface area contributed by atoms with Crippen molar-refractivity contribution >= 4 is 25.2 Å². The SMILES string of the molecule is CC1(C)OB(c2[c]ccc(B3OC(C)(C)C(C)(C)O3)c2)OC1(C)C. The monoisotopic (exact) mass is 329 g/mol. The van der Waals surface area contributed by atoms with Gasteiger partial charge in [-0.1, -0.05) is 18.2 Å². The van der Waals surface area contributed by atoms with Crippen LogP contribution in [0.2, 0.25) is 0 Å². The fourth-order valence-corrected chi connectivity index (χ4v) is 2.74. The minimum atomic E-state index is -0.433. The second-order valence-corrected chi connectivity index (χ2v) is 8.75. The smallest absolute Gasteiger partial charge is 0.399 e. The number of benzene rings is 1. The third-order valence-corrected chi connectivity index (χ3v) is 5.88. The minimum Gasteiger partial charge on any atom is -0.399 e. The van der Waals surface area contributed by atoms with E-state index in [1.165, 1.54) is 0 Å². The topological polar surface area (TPSA) is 36.9 Å². The first kappa shape index (κ1) is 18.0. The maximum atomic E-state index is 6.13. The lowest BCUT2D eigenvalue weighted by Crippen LogP contribution is -2.41. The van der Waals surface area contributed by atoms with Crippen LogP contribution in [0.25, 0.3) is 0 Å². The summed E-state index contributed by atoms with van der Waals surface area (Å²) < 4.78 is 24.5. The second kappa shape index (κ2) is 5.34. The molecule has 0 aromatic heterocycles. The van der Waals surface area contributed by atoms with Crippen LogP contribution in [0.4, 0.5) is 0 Å². The van der Waals surface area contributed by atoms with Crippen LogP contribution >= 0.6 is 0 Å². The van der Waals surface area contributed by atoms with E-state index in [1.54, 1.807) is 0 Å². The molecular formula is C18H27B2O4. The van der Waals surface area contributed by atoms with E-state index < -0.39 is 14.2 Å². The first-order valence-electron chi connectivity index (χ1n) is 8.57. The molecule has 2 aliphatic heterocycles. The highest BCUT2D eigenvalue weighted by molar-refractivity contribution is 6.65. The third-order valence-electron chi connectivity index (χ3n) is 5.88. The molecule has 0 bridgehead atoms. The molecule has 1 aromatic rings. The van der Waals surface area contributed by atoms with Crippen molar-refractivity contribution in [1.82, 2.24) is 0 Å². The van der Waals surface area contributed by atoms with Gasteiger partial charge in [0, 0.05) is 0 Å². The zero-order valence-electron chi connectivity index (χ0n) is 16.0. The highest BCUT2D eigenvalue weighted by atomic mass is 16.7. The average molecular weight is 329 g/mol. The van der Waals surface area contributed by atoms with Gasteiger partial charge in [-0.15, -0.1) is 0 Å². The molecule has 0 spiro atoms. The fourth-order valence-electron chi connectivity index (χ4n) is 2.74. The van der Waals surface area contributed by atoms with E-state index in [1.807, 2.05) is 45.9 Å². The molecule has 2 aliphatic rings. The van der Waals surface area contributed by atoms with Gasteiger partial charge in [-0.05, 0) is 72.4 Å². The summed E-state index contributed by atoms with van der Waals surface area (Å²) in [6.45, 7) is 16.4. The molecule has 0 atom stereocenters. The lowest BCUT2D eigenvalue weighted by Gasteiger charge is -2.32. The number of hydrogen-bond acceptors (Lipinski definition) is 4. The van der Waals surface area contributed by atoms with E-state index in [0.29, 0.717) is 0 Å². The van der Waals surface area contributed by atoms with Crippen LogP contribution in [0.15, 0.2) is 18.2 Å². The van der Waals surface area contributed by atoms with Gasteiger partial charge in [-0.3, -0.25) is 0 Å². The average Bonchev–Trinajstić information content (AvgIpc) is 2.79. The van der Waals surface area contributed by atoms with Crippen molar-refractivity contribution in [2.24, 2.45) is 0 Å². The summed E-state index contributed by atoms with van der Waals surface area (Å²) in [4.78, 5) is 0. The van der Waals surface area contributed by atoms with Gasteiger partial charge in [-0.2, -0.15) is 0 Å². The van der Waals surface area contributed by atoms with Gasteiger partial charge in [0.2, 0.25) is 0 Å². The minimum absolute atomic E-state index is 0.359. The van der Waals surface area contributed by atoms with Crippen molar-refractivity contribution in [3.8, 4) is 0 Å². The van der Waals surface area contributed by atoms with Crippen molar-refractivity contribution in [1.29, 1.82) is 0 Å². The Balaban J connectivity index is 1.84. The molecule has 4 nitrogen and oxygen atoms in total. The van der Waals surface area contributed by atoms with E-state index in [-0.39, 0.29) is 22.4 Å². The molecule has 0 N–H and O–H groups in total. The molecule has 0 amide bonds. The Bertz CT molecular complexity index is 556. The molecule has 0 aliphatic carbocycles. The normalized spacial score (nSPS) is 26.8. The zero-order chi connectivity index (χ0) is 18.0. The Labute approximate surface area is 146 Å². The molecular weight excluding hydrogens is 302 g/mol.